The number of nitrogens with one attached hydrogen (secondary N) is 1. The van der Waals surface area contributed by atoms with Gasteiger partial charge in [-0.2, -0.15) is 0 Å². The molecule has 1 N–H and O–H groups in total. The summed E-state index contributed by atoms with van der Waals surface area (Å²) in [5.41, 5.74) is 1.73. The molecule has 1 aliphatic heterocycles. The molecular formula is C14H20FNO. The van der Waals surface area contributed by atoms with Crippen molar-refractivity contribution in [3.05, 3.63) is 35.1 Å². The SMILES string of the molecule is CCNC(c1ccc(C)c(F)c1)C1CCOC1. The average molecular weight is 237 g/mol. The summed E-state index contributed by atoms with van der Waals surface area (Å²) >= 11 is 0. The van der Waals surface area contributed by atoms with Crippen molar-refractivity contribution in [3.63, 3.8) is 0 Å². The van der Waals surface area contributed by atoms with E-state index >= 15 is 0 Å². The molecule has 2 unspecified atom stereocenters. The molecule has 17 heavy (non-hydrogen) atoms. The molecule has 1 heterocycles. The summed E-state index contributed by atoms with van der Waals surface area (Å²) in [6, 6.07) is 5.73. The number of benzene rings is 1. The largest absolute Gasteiger partial charge is 0.381 e. The number of hydrogen-bond acceptors (Lipinski definition) is 2. The smallest absolute Gasteiger partial charge is 0.126 e. The quantitative estimate of drug-likeness (QED) is 0.869. The lowest BCUT2D eigenvalue weighted by Crippen LogP contribution is -2.28. The van der Waals surface area contributed by atoms with E-state index in [9.17, 15) is 4.39 Å². The minimum absolute atomic E-state index is 0.121. The van der Waals surface area contributed by atoms with E-state index in [1.165, 1.54) is 0 Å². The summed E-state index contributed by atoms with van der Waals surface area (Å²) < 4.78 is 19.0. The Bertz CT molecular complexity index is 374. The molecule has 94 valence electrons. The molecule has 0 radical (unpaired) electrons. The van der Waals surface area contributed by atoms with Crippen LogP contribution in [0, 0.1) is 18.7 Å². The molecule has 0 amide bonds. The van der Waals surface area contributed by atoms with Crippen LogP contribution < -0.4 is 5.32 Å². The second-order valence-corrected chi connectivity index (χ2v) is 4.67. The van der Waals surface area contributed by atoms with E-state index in [0.29, 0.717) is 11.5 Å². The maximum Gasteiger partial charge on any atom is 0.126 e. The van der Waals surface area contributed by atoms with Crippen LogP contribution in [0.15, 0.2) is 18.2 Å². The average Bonchev–Trinajstić information content (AvgIpc) is 2.83. The van der Waals surface area contributed by atoms with Gasteiger partial charge in [-0.3, -0.25) is 0 Å². The molecular weight excluding hydrogens is 217 g/mol. The summed E-state index contributed by atoms with van der Waals surface area (Å²) in [6.07, 6.45) is 1.05. The first kappa shape index (κ1) is 12.5. The zero-order valence-corrected chi connectivity index (χ0v) is 10.5. The number of ether oxygens (including phenoxy) is 1. The van der Waals surface area contributed by atoms with Crippen LogP contribution in [0.2, 0.25) is 0 Å². The predicted octanol–water partition coefficient (Wildman–Crippen LogP) is 2.82. The summed E-state index contributed by atoms with van der Waals surface area (Å²) in [7, 11) is 0. The topological polar surface area (TPSA) is 21.3 Å². The molecule has 3 heteroatoms. The molecule has 1 aliphatic rings. The minimum Gasteiger partial charge on any atom is -0.381 e. The first-order valence-electron chi connectivity index (χ1n) is 6.29. The van der Waals surface area contributed by atoms with E-state index in [2.05, 4.69) is 12.2 Å². The van der Waals surface area contributed by atoms with Gasteiger partial charge in [0, 0.05) is 18.6 Å². The Balaban J connectivity index is 2.21. The van der Waals surface area contributed by atoms with Gasteiger partial charge in [0.1, 0.15) is 5.82 Å². The molecule has 2 rings (SSSR count). The van der Waals surface area contributed by atoms with Crippen LogP contribution in [0.5, 0.6) is 0 Å². The van der Waals surface area contributed by atoms with Crippen LogP contribution in [-0.2, 0) is 4.74 Å². The highest BCUT2D eigenvalue weighted by Crippen LogP contribution is 2.29. The Morgan fingerprint density at radius 1 is 1.53 bits per heavy atom. The first-order chi connectivity index (χ1) is 8.22. The Hall–Kier alpha value is -0.930. The normalized spacial score (nSPS) is 21.7. The predicted molar refractivity (Wildman–Crippen MR) is 66.5 cm³/mol. The van der Waals surface area contributed by atoms with Gasteiger partial charge in [-0.25, -0.2) is 4.39 Å². The van der Waals surface area contributed by atoms with Gasteiger partial charge < -0.3 is 10.1 Å². The van der Waals surface area contributed by atoms with Gasteiger partial charge in [-0.15, -0.1) is 0 Å². The summed E-state index contributed by atoms with van der Waals surface area (Å²) in [5, 5.41) is 3.44. The van der Waals surface area contributed by atoms with Gasteiger partial charge in [0.2, 0.25) is 0 Å². The van der Waals surface area contributed by atoms with Crippen LogP contribution in [0.1, 0.15) is 30.5 Å². The van der Waals surface area contributed by atoms with Crippen LogP contribution >= 0.6 is 0 Å². The van der Waals surface area contributed by atoms with Crippen molar-refractivity contribution < 1.29 is 9.13 Å². The molecule has 0 aliphatic carbocycles. The third-order valence-corrected chi connectivity index (χ3v) is 3.42. The number of rotatable bonds is 4. The second-order valence-electron chi connectivity index (χ2n) is 4.67. The highest BCUT2D eigenvalue weighted by molar-refractivity contribution is 5.26. The Kier molecular flexibility index (Phi) is 4.13. The fraction of sp³-hybridized carbons (Fsp3) is 0.571. The van der Waals surface area contributed by atoms with Gasteiger partial charge in [0.25, 0.3) is 0 Å². The molecule has 0 bridgehead atoms. The molecule has 1 fully saturated rings. The van der Waals surface area contributed by atoms with Crippen molar-refractivity contribution in [3.8, 4) is 0 Å². The van der Waals surface area contributed by atoms with Gasteiger partial charge in [0.15, 0.2) is 0 Å². The maximum absolute atomic E-state index is 13.6. The van der Waals surface area contributed by atoms with Crippen molar-refractivity contribution in [2.24, 2.45) is 5.92 Å². The highest BCUT2D eigenvalue weighted by Gasteiger charge is 2.26. The Morgan fingerprint density at radius 2 is 2.35 bits per heavy atom. The van der Waals surface area contributed by atoms with E-state index in [0.717, 1.165) is 31.7 Å². The van der Waals surface area contributed by atoms with Crippen molar-refractivity contribution in [1.82, 2.24) is 5.32 Å². The minimum atomic E-state index is -0.121. The summed E-state index contributed by atoms with van der Waals surface area (Å²) in [6.45, 7) is 6.35. The summed E-state index contributed by atoms with van der Waals surface area (Å²) in [4.78, 5) is 0. The maximum atomic E-state index is 13.6. The van der Waals surface area contributed by atoms with E-state index in [-0.39, 0.29) is 11.9 Å². The molecule has 1 aromatic carbocycles. The van der Waals surface area contributed by atoms with Gasteiger partial charge in [-0.1, -0.05) is 19.1 Å². The van der Waals surface area contributed by atoms with E-state index in [1.807, 2.05) is 12.1 Å². The molecule has 1 saturated heterocycles. The number of halogens is 1. The molecule has 0 spiro atoms. The Labute approximate surface area is 102 Å². The van der Waals surface area contributed by atoms with Gasteiger partial charge >= 0.3 is 0 Å². The van der Waals surface area contributed by atoms with Gasteiger partial charge in [0.05, 0.1) is 6.61 Å². The van der Waals surface area contributed by atoms with E-state index < -0.39 is 0 Å². The highest BCUT2D eigenvalue weighted by atomic mass is 19.1. The molecule has 2 nitrogen and oxygen atoms in total. The molecule has 0 saturated carbocycles. The van der Waals surface area contributed by atoms with Crippen LogP contribution in [0.25, 0.3) is 0 Å². The molecule has 2 atom stereocenters. The molecule has 0 aromatic heterocycles. The van der Waals surface area contributed by atoms with Crippen LogP contribution in [0.4, 0.5) is 4.39 Å². The third kappa shape index (κ3) is 2.85. The van der Waals surface area contributed by atoms with E-state index in [1.54, 1.807) is 13.0 Å². The van der Waals surface area contributed by atoms with Crippen molar-refractivity contribution >= 4 is 0 Å². The standard InChI is InChI=1S/C14H20FNO/c1-3-16-14(12-6-7-17-9-12)11-5-4-10(2)13(15)8-11/h4-5,8,12,14,16H,3,6-7,9H2,1-2H3. The fourth-order valence-electron chi connectivity index (χ4n) is 2.39. The zero-order valence-electron chi connectivity index (χ0n) is 10.5. The lowest BCUT2D eigenvalue weighted by Gasteiger charge is -2.24. The summed E-state index contributed by atoms with van der Waals surface area (Å²) in [5.74, 6) is 0.335. The number of aryl methyl sites for hydroxylation is 1. The zero-order chi connectivity index (χ0) is 12.3. The van der Waals surface area contributed by atoms with Crippen molar-refractivity contribution in [2.45, 2.75) is 26.3 Å². The van der Waals surface area contributed by atoms with Crippen LogP contribution in [-0.4, -0.2) is 19.8 Å². The van der Waals surface area contributed by atoms with Crippen molar-refractivity contribution in [1.29, 1.82) is 0 Å². The molecule has 1 aromatic rings. The van der Waals surface area contributed by atoms with Crippen molar-refractivity contribution in [2.75, 3.05) is 19.8 Å². The third-order valence-electron chi connectivity index (χ3n) is 3.42. The van der Waals surface area contributed by atoms with Crippen LogP contribution in [0.3, 0.4) is 0 Å². The second kappa shape index (κ2) is 5.61. The lowest BCUT2D eigenvalue weighted by molar-refractivity contribution is 0.177. The fourth-order valence-corrected chi connectivity index (χ4v) is 2.39. The first-order valence-corrected chi connectivity index (χ1v) is 6.29. The monoisotopic (exact) mass is 237 g/mol. The number of hydrogen-bond donors (Lipinski definition) is 1. The lowest BCUT2D eigenvalue weighted by atomic mass is 9.91. The van der Waals surface area contributed by atoms with E-state index in [4.69, 9.17) is 4.74 Å². The Morgan fingerprint density at radius 3 is 2.94 bits per heavy atom. The van der Waals surface area contributed by atoms with Gasteiger partial charge in [-0.05, 0) is 37.1 Å².